The summed E-state index contributed by atoms with van der Waals surface area (Å²) in [5.41, 5.74) is 1.59. The summed E-state index contributed by atoms with van der Waals surface area (Å²) in [6.07, 6.45) is 0.549. The molecule has 1 amide bonds. The zero-order valence-corrected chi connectivity index (χ0v) is 9.72. The van der Waals surface area contributed by atoms with Gasteiger partial charge in [0, 0.05) is 18.7 Å². The quantitative estimate of drug-likeness (QED) is 0.843. The van der Waals surface area contributed by atoms with Crippen LogP contribution in [0.15, 0.2) is 24.3 Å². The van der Waals surface area contributed by atoms with E-state index in [2.05, 4.69) is 0 Å². The standard InChI is InChI=1S/C13H15NO3/c1-9-4-2-3-5-11(9)12(15)14-7-6-10(8-14)13(16)17/h2-5,10H,6-8H2,1H3,(H,16,17)/t10-/m0/s1. The molecule has 90 valence electrons. The molecule has 4 heteroatoms. The Morgan fingerprint density at radius 1 is 1.35 bits per heavy atom. The molecule has 17 heavy (non-hydrogen) atoms. The van der Waals surface area contributed by atoms with Crippen LogP contribution in [-0.4, -0.2) is 35.0 Å². The zero-order valence-electron chi connectivity index (χ0n) is 9.72. The summed E-state index contributed by atoms with van der Waals surface area (Å²) in [6.45, 7) is 2.74. The van der Waals surface area contributed by atoms with Crippen LogP contribution >= 0.6 is 0 Å². The van der Waals surface area contributed by atoms with Crippen molar-refractivity contribution in [3.05, 3.63) is 35.4 Å². The first kappa shape index (κ1) is 11.6. The molecule has 0 radical (unpaired) electrons. The van der Waals surface area contributed by atoms with Crippen molar-refractivity contribution in [1.29, 1.82) is 0 Å². The van der Waals surface area contributed by atoms with Crippen LogP contribution in [0.1, 0.15) is 22.3 Å². The number of carbonyl (C=O) groups excluding carboxylic acids is 1. The Kier molecular flexibility index (Phi) is 3.13. The second-order valence-corrected chi connectivity index (χ2v) is 4.39. The van der Waals surface area contributed by atoms with Gasteiger partial charge < -0.3 is 10.0 Å². The molecular weight excluding hydrogens is 218 g/mol. The molecule has 1 atom stereocenters. The van der Waals surface area contributed by atoms with Crippen LogP contribution < -0.4 is 0 Å². The van der Waals surface area contributed by atoms with Crippen LogP contribution in [0.5, 0.6) is 0 Å². The van der Waals surface area contributed by atoms with E-state index >= 15 is 0 Å². The van der Waals surface area contributed by atoms with Gasteiger partial charge in [-0.25, -0.2) is 0 Å². The Morgan fingerprint density at radius 2 is 2.06 bits per heavy atom. The fraction of sp³-hybridized carbons (Fsp3) is 0.385. The Morgan fingerprint density at radius 3 is 2.65 bits per heavy atom. The third-order valence-electron chi connectivity index (χ3n) is 3.20. The summed E-state index contributed by atoms with van der Waals surface area (Å²) in [7, 11) is 0. The van der Waals surface area contributed by atoms with Crippen molar-refractivity contribution in [2.45, 2.75) is 13.3 Å². The Hall–Kier alpha value is -1.84. The Labute approximate surface area is 99.9 Å². The average Bonchev–Trinajstić information content (AvgIpc) is 2.78. The van der Waals surface area contributed by atoms with Gasteiger partial charge in [-0.1, -0.05) is 18.2 Å². The number of aliphatic carboxylic acids is 1. The number of carboxylic acids is 1. The van der Waals surface area contributed by atoms with Crippen molar-refractivity contribution < 1.29 is 14.7 Å². The van der Waals surface area contributed by atoms with Gasteiger partial charge in [-0.3, -0.25) is 9.59 Å². The maximum absolute atomic E-state index is 12.2. The highest BCUT2D eigenvalue weighted by atomic mass is 16.4. The number of amides is 1. The van der Waals surface area contributed by atoms with E-state index in [0.29, 0.717) is 25.1 Å². The highest BCUT2D eigenvalue weighted by molar-refractivity contribution is 5.96. The third-order valence-corrected chi connectivity index (χ3v) is 3.20. The van der Waals surface area contributed by atoms with E-state index in [-0.39, 0.29) is 5.91 Å². The number of nitrogens with zero attached hydrogens (tertiary/aromatic N) is 1. The molecule has 1 fully saturated rings. The summed E-state index contributed by atoms with van der Waals surface area (Å²) >= 11 is 0. The molecule has 1 aromatic rings. The number of hydrogen-bond donors (Lipinski definition) is 1. The molecule has 0 saturated carbocycles. The minimum Gasteiger partial charge on any atom is -0.481 e. The number of carbonyl (C=O) groups is 2. The predicted molar refractivity (Wildman–Crippen MR) is 62.8 cm³/mol. The molecule has 1 heterocycles. The summed E-state index contributed by atoms with van der Waals surface area (Å²) in [6, 6.07) is 7.38. The van der Waals surface area contributed by atoms with Crippen LogP contribution in [0.25, 0.3) is 0 Å². The number of aryl methyl sites for hydroxylation is 1. The molecule has 0 aromatic heterocycles. The average molecular weight is 233 g/mol. The van der Waals surface area contributed by atoms with Gasteiger partial charge in [0.25, 0.3) is 5.91 Å². The van der Waals surface area contributed by atoms with Crippen LogP contribution in [0.2, 0.25) is 0 Å². The summed E-state index contributed by atoms with van der Waals surface area (Å²) in [5.74, 6) is -1.29. The van der Waals surface area contributed by atoms with Gasteiger partial charge in [0.1, 0.15) is 0 Å². The van der Waals surface area contributed by atoms with Gasteiger partial charge in [0.05, 0.1) is 5.92 Å². The lowest BCUT2D eigenvalue weighted by Crippen LogP contribution is -2.30. The fourth-order valence-corrected chi connectivity index (χ4v) is 2.13. The van der Waals surface area contributed by atoms with Crippen molar-refractivity contribution in [1.82, 2.24) is 4.90 Å². The van der Waals surface area contributed by atoms with E-state index in [0.717, 1.165) is 5.56 Å². The van der Waals surface area contributed by atoms with Gasteiger partial charge >= 0.3 is 5.97 Å². The number of likely N-dealkylation sites (tertiary alicyclic amines) is 1. The molecule has 1 aliphatic heterocycles. The highest BCUT2D eigenvalue weighted by Gasteiger charge is 2.31. The third kappa shape index (κ3) is 2.30. The van der Waals surface area contributed by atoms with Crippen molar-refractivity contribution in [2.75, 3.05) is 13.1 Å². The zero-order chi connectivity index (χ0) is 12.4. The van der Waals surface area contributed by atoms with E-state index < -0.39 is 11.9 Å². The molecule has 1 aliphatic rings. The minimum absolute atomic E-state index is 0.0631. The van der Waals surface area contributed by atoms with E-state index in [1.807, 2.05) is 25.1 Å². The van der Waals surface area contributed by atoms with Gasteiger partial charge in [-0.15, -0.1) is 0 Å². The molecular formula is C13H15NO3. The lowest BCUT2D eigenvalue weighted by atomic mass is 10.1. The molecule has 1 N–H and O–H groups in total. The number of carboxylic acid groups (broad SMARTS) is 1. The first-order valence-electron chi connectivity index (χ1n) is 5.67. The molecule has 0 bridgehead atoms. The van der Waals surface area contributed by atoms with Crippen LogP contribution in [0.4, 0.5) is 0 Å². The first-order valence-corrected chi connectivity index (χ1v) is 5.67. The lowest BCUT2D eigenvalue weighted by molar-refractivity contribution is -0.141. The van der Waals surface area contributed by atoms with Crippen LogP contribution in [-0.2, 0) is 4.79 Å². The van der Waals surface area contributed by atoms with Crippen molar-refractivity contribution in [2.24, 2.45) is 5.92 Å². The summed E-state index contributed by atoms with van der Waals surface area (Å²) in [4.78, 5) is 24.6. The van der Waals surface area contributed by atoms with Gasteiger partial charge in [0.2, 0.25) is 0 Å². The fourth-order valence-electron chi connectivity index (χ4n) is 2.13. The molecule has 0 aliphatic carbocycles. The number of rotatable bonds is 2. The lowest BCUT2D eigenvalue weighted by Gasteiger charge is -2.17. The van der Waals surface area contributed by atoms with Crippen LogP contribution in [0, 0.1) is 12.8 Å². The number of hydrogen-bond acceptors (Lipinski definition) is 2. The van der Waals surface area contributed by atoms with E-state index in [1.54, 1.807) is 11.0 Å². The molecule has 0 unspecified atom stereocenters. The van der Waals surface area contributed by atoms with Crippen molar-refractivity contribution in [3.63, 3.8) is 0 Å². The van der Waals surface area contributed by atoms with Gasteiger partial charge in [0.15, 0.2) is 0 Å². The Balaban J connectivity index is 2.13. The monoisotopic (exact) mass is 233 g/mol. The van der Waals surface area contributed by atoms with Crippen LogP contribution in [0.3, 0.4) is 0 Å². The molecule has 4 nitrogen and oxygen atoms in total. The smallest absolute Gasteiger partial charge is 0.308 e. The molecule has 0 spiro atoms. The van der Waals surface area contributed by atoms with E-state index in [4.69, 9.17) is 5.11 Å². The van der Waals surface area contributed by atoms with E-state index in [1.165, 1.54) is 0 Å². The van der Waals surface area contributed by atoms with Crippen molar-refractivity contribution in [3.8, 4) is 0 Å². The first-order chi connectivity index (χ1) is 8.09. The maximum atomic E-state index is 12.2. The Bertz CT molecular complexity index is 456. The second-order valence-electron chi connectivity index (χ2n) is 4.39. The summed E-state index contributed by atoms with van der Waals surface area (Å²) < 4.78 is 0. The van der Waals surface area contributed by atoms with Gasteiger partial charge in [-0.2, -0.15) is 0 Å². The number of benzene rings is 1. The van der Waals surface area contributed by atoms with Gasteiger partial charge in [-0.05, 0) is 25.0 Å². The normalized spacial score (nSPS) is 19.4. The van der Waals surface area contributed by atoms with Crippen molar-refractivity contribution >= 4 is 11.9 Å². The largest absolute Gasteiger partial charge is 0.481 e. The highest BCUT2D eigenvalue weighted by Crippen LogP contribution is 2.20. The topological polar surface area (TPSA) is 57.6 Å². The molecule has 1 aromatic carbocycles. The second kappa shape index (κ2) is 4.57. The van der Waals surface area contributed by atoms with E-state index in [9.17, 15) is 9.59 Å². The SMILES string of the molecule is Cc1ccccc1C(=O)N1CC[C@H](C(=O)O)C1. The maximum Gasteiger partial charge on any atom is 0.308 e. The predicted octanol–water partition coefficient (Wildman–Crippen LogP) is 1.54. The molecule has 2 rings (SSSR count). The minimum atomic E-state index is -0.815. The summed E-state index contributed by atoms with van der Waals surface area (Å²) in [5, 5.41) is 8.90. The molecule has 1 saturated heterocycles.